The third kappa shape index (κ3) is 4.71. The van der Waals surface area contributed by atoms with Crippen LogP contribution in [-0.2, 0) is 0 Å². The Hall–Kier alpha value is -0.480. The molecule has 1 rings (SSSR count). The van der Waals surface area contributed by atoms with Crippen molar-refractivity contribution in [1.82, 2.24) is 4.90 Å². The molecule has 1 aliphatic carbocycles. The molecule has 15 heavy (non-hydrogen) atoms. The quantitative estimate of drug-likeness (QED) is 0.477. The molecule has 0 heterocycles. The van der Waals surface area contributed by atoms with Crippen LogP contribution >= 0.6 is 0 Å². The normalized spacial score (nSPS) is 17.5. The summed E-state index contributed by atoms with van der Waals surface area (Å²) in [5, 5.41) is 0. The molecule has 1 aliphatic rings. The third-order valence-corrected chi connectivity index (χ3v) is 3.21. The Kier molecular flexibility index (Phi) is 5.79. The summed E-state index contributed by atoms with van der Waals surface area (Å²) < 4.78 is 0. The second-order valence-electron chi connectivity index (χ2n) is 5.13. The van der Waals surface area contributed by atoms with Crippen molar-refractivity contribution in [3.05, 3.63) is 0 Å². The summed E-state index contributed by atoms with van der Waals surface area (Å²) in [6, 6.07) is 0.852. The van der Waals surface area contributed by atoms with Crippen molar-refractivity contribution >= 4 is 0 Å². The number of nitrogens with zero attached hydrogens (tertiary/aromatic N) is 1. The predicted octanol–water partition coefficient (Wildman–Crippen LogP) is 3.30. The van der Waals surface area contributed by atoms with Gasteiger partial charge >= 0.3 is 0 Å². The lowest BCUT2D eigenvalue weighted by atomic mass is 10.1. The van der Waals surface area contributed by atoms with E-state index in [0.717, 1.165) is 18.4 Å². The van der Waals surface area contributed by atoms with Crippen LogP contribution in [0.2, 0.25) is 0 Å². The monoisotopic (exact) mass is 207 g/mol. The summed E-state index contributed by atoms with van der Waals surface area (Å²) in [6.45, 7) is 7.06. The molecule has 1 fully saturated rings. The van der Waals surface area contributed by atoms with Crippen molar-refractivity contribution in [3.8, 4) is 12.3 Å². The van der Waals surface area contributed by atoms with Gasteiger partial charge in [0.05, 0.1) is 0 Å². The molecule has 86 valence electrons. The maximum Gasteiger partial charge on any atom is 0.00982 e. The van der Waals surface area contributed by atoms with Crippen molar-refractivity contribution in [2.45, 2.75) is 58.4 Å². The highest BCUT2D eigenvalue weighted by molar-refractivity contribution is 4.85. The summed E-state index contributed by atoms with van der Waals surface area (Å²) in [6.07, 6.45) is 13.1. The first-order chi connectivity index (χ1) is 7.24. The lowest BCUT2D eigenvalue weighted by Gasteiger charge is -2.30. The standard InChI is InChI=1S/C14H25N/c1-4-5-8-11-15(12-13(2)3)14-9-6-7-10-14/h1,13-14H,5-12H2,2-3H3. The Morgan fingerprint density at radius 1 is 1.33 bits per heavy atom. The van der Waals surface area contributed by atoms with Gasteiger partial charge in [-0.15, -0.1) is 12.3 Å². The van der Waals surface area contributed by atoms with E-state index in [4.69, 9.17) is 6.42 Å². The molecule has 0 aromatic carbocycles. The van der Waals surface area contributed by atoms with Gasteiger partial charge in [-0.1, -0.05) is 26.7 Å². The molecule has 0 amide bonds. The number of hydrogen-bond donors (Lipinski definition) is 0. The molecule has 0 unspecified atom stereocenters. The van der Waals surface area contributed by atoms with E-state index in [1.54, 1.807) is 0 Å². The Morgan fingerprint density at radius 2 is 2.00 bits per heavy atom. The predicted molar refractivity (Wildman–Crippen MR) is 66.7 cm³/mol. The molecule has 0 saturated heterocycles. The van der Waals surface area contributed by atoms with Gasteiger partial charge in [-0.05, 0) is 31.7 Å². The highest BCUT2D eigenvalue weighted by Gasteiger charge is 2.22. The highest BCUT2D eigenvalue weighted by Crippen LogP contribution is 2.24. The van der Waals surface area contributed by atoms with Crippen LogP contribution in [-0.4, -0.2) is 24.0 Å². The first-order valence-corrected chi connectivity index (χ1v) is 6.41. The number of rotatable bonds is 6. The Bertz CT molecular complexity index is 196. The summed E-state index contributed by atoms with van der Waals surface area (Å²) in [5.74, 6) is 3.51. The minimum atomic E-state index is 0.774. The van der Waals surface area contributed by atoms with E-state index in [0.29, 0.717) is 0 Å². The molecule has 0 spiro atoms. The van der Waals surface area contributed by atoms with Crippen LogP contribution in [0.15, 0.2) is 0 Å². The molecule has 1 nitrogen and oxygen atoms in total. The van der Waals surface area contributed by atoms with Crippen LogP contribution in [0.1, 0.15) is 52.4 Å². The van der Waals surface area contributed by atoms with Gasteiger partial charge < -0.3 is 4.90 Å². The van der Waals surface area contributed by atoms with Crippen molar-refractivity contribution < 1.29 is 0 Å². The zero-order chi connectivity index (χ0) is 11.1. The fourth-order valence-electron chi connectivity index (χ4n) is 2.55. The Balaban J connectivity index is 2.34. The maximum absolute atomic E-state index is 5.30. The van der Waals surface area contributed by atoms with E-state index >= 15 is 0 Å². The van der Waals surface area contributed by atoms with Gasteiger partial charge in [0.25, 0.3) is 0 Å². The third-order valence-electron chi connectivity index (χ3n) is 3.21. The smallest absolute Gasteiger partial charge is 0.00982 e. The molecular weight excluding hydrogens is 182 g/mol. The van der Waals surface area contributed by atoms with E-state index in [9.17, 15) is 0 Å². The van der Waals surface area contributed by atoms with Crippen molar-refractivity contribution in [1.29, 1.82) is 0 Å². The molecule has 0 N–H and O–H groups in total. The molecular formula is C14H25N. The van der Waals surface area contributed by atoms with Crippen LogP contribution in [0.5, 0.6) is 0 Å². The van der Waals surface area contributed by atoms with E-state index < -0.39 is 0 Å². The van der Waals surface area contributed by atoms with Crippen molar-refractivity contribution in [2.75, 3.05) is 13.1 Å². The topological polar surface area (TPSA) is 3.24 Å². The van der Waals surface area contributed by atoms with Gasteiger partial charge in [0.2, 0.25) is 0 Å². The fourth-order valence-corrected chi connectivity index (χ4v) is 2.55. The number of unbranched alkanes of at least 4 members (excludes halogenated alkanes) is 1. The van der Waals surface area contributed by atoms with Gasteiger partial charge in [0, 0.05) is 19.0 Å². The summed E-state index contributed by atoms with van der Waals surface area (Å²) in [7, 11) is 0. The van der Waals surface area contributed by atoms with Crippen LogP contribution < -0.4 is 0 Å². The van der Waals surface area contributed by atoms with Crippen LogP contribution in [0.25, 0.3) is 0 Å². The molecule has 0 bridgehead atoms. The maximum atomic E-state index is 5.30. The van der Waals surface area contributed by atoms with E-state index in [1.807, 2.05) is 0 Å². The fraction of sp³-hybridized carbons (Fsp3) is 0.857. The average Bonchev–Trinajstić information content (AvgIpc) is 2.68. The Morgan fingerprint density at radius 3 is 2.53 bits per heavy atom. The second kappa shape index (κ2) is 6.90. The summed E-state index contributed by atoms with van der Waals surface area (Å²) in [4.78, 5) is 2.68. The van der Waals surface area contributed by atoms with Gasteiger partial charge in [-0.3, -0.25) is 0 Å². The summed E-state index contributed by atoms with van der Waals surface area (Å²) in [5.41, 5.74) is 0. The number of hydrogen-bond acceptors (Lipinski definition) is 1. The summed E-state index contributed by atoms with van der Waals surface area (Å²) >= 11 is 0. The molecule has 0 radical (unpaired) electrons. The molecule has 1 saturated carbocycles. The van der Waals surface area contributed by atoms with Crippen LogP contribution in [0, 0.1) is 18.3 Å². The van der Waals surface area contributed by atoms with Crippen LogP contribution in [0.3, 0.4) is 0 Å². The minimum absolute atomic E-state index is 0.774. The largest absolute Gasteiger partial charge is 0.300 e. The SMILES string of the molecule is C#CCCCN(CC(C)C)C1CCCC1. The molecule has 0 aromatic rings. The van der Waals surface area contributed by atoms with Gasteiger partial charge in [0.1, 0.15) is 0 Å². The van der Waals surface area contributed by atoms with Crippen molar-refractivity contribution in [2.24, 2.45) is 5.92 Å². The van der Waals surface area contributed by atoms with Crippen molar-refractivity contribution in [3.63, 3.8) is 0 Å². The lowest BCUT2D eigenvalue weighted by molar-refractivity contribution is 0.176. The molecule has 0 atom stereocenters. The molecule has 0 aliphatic heterocycles. The van der Waals surface area contributed by atoms with E-state index in [2.05, 4.69) is 24.7 Å². The molecule has 1 heteroatoms. The minimum Gasteiger partial charge on any atom is -0.300 e. The second-order valence-corrected chi connectivity index (χ2v) is 5.13. The Labute approximate surface area is 95.2 Å². The molecule has 0 aromatic heterocycles. The number of terminal acetylenes is 1. The van der Waals surface area contributed by atoms with Gasteiger partial charge in [0.15, 0.2) is 0 Å². The lowest BCUT2D eigenvalue weighted by Crippen LogP contribution is -2.36. The van der Waals surface area contributed by atoms with E-state index in [-0.39, 0.29) is 0 Å². The first-order valence-electron chi connectivity index (χ1n) is 6.41. The highest BCUT2D eigenvalue weighted by atomic mass is 15.2. The zero-order valence-corrected chi connectivity index (χ0v) is 10.3. The van der Waals surface area contributed by atoms with E-state index in [1.165, 1.54) is 45.2 Å². The van der Waals surface area contributed by atoms with Gasteiger partial charge in [-0.25, -0.2) is 0 Å². The zero-order valence-electron chi connectivity index (χ0n) is 10.3. The average molecular weight is 207 g/mol. The van der Waals surface area contributed by atoms with Crippen LogP contribution in [0.4, 0.5) is 0 Å². The van der Waals surface area contributed by atoms with Gasteiger partial charge in [-0.2, -0.15) is 0 Å². The first kappa shape index (κ1) is 12.6.